The summed E-state index contributed by atoms with van der Waals surface area (Å²) in [6.07, 6.45) is 0.441. The predicted molar refractivity (Wildman–Crippen MR) is 78.3 cm³/mol. The fourth-order valence-corrected chi connectivity index (χ4v) is 2.74. The number of rotatable bonds is 4. The summed E-state index contributed by atoms with van der Waals surface area (Å²) in [6, 6.07) is 7.54. The second-order valence-electron chi connectivity index (χ2n) is 5.55. The molecule has 1 unspecified atom stereocenters. The van der Waals surface area contributed by atoms with Crippen LogP contribution in [-0.4, -0.2) is 23.9 Å². The standard InChI is InChI=1S/C14H17ClN4O/c1-14(2,11-3-5-12(15)6-4-11)19-9-10(7-13(19)20)8-17-18-16/h3-6,10H,7-9H2,1-2H3. The van der Waals surface area contributed by atoms with Crippen molar-refractivity contribution in [2.45, 2.75) is 25.8 Å². The number of carbonyl (C=O) groups is 1. The Hall–Kier alpha value is -1.71. The molecule has 0 spiro atoms. The Kier molecular flexibility index (Phi) is 4.21. The topological polar surface area (TPSA) is 69.1 Å². The van der Waals surface area contributed by atoms with Gasteiger partial charge >= 0.3 is 0 Å². The number of hydrogen-bond donors (Lipinski definition) is 0. The molecular weight excluding hydrogens is 276 g/mol. The Morgan fingerprint density at radius 3 is 2.70 bits per heavy atom. The molecule has 0 saturated carbocycles. The molecule has 1 fully saturated rings. The Morgan fingerprint density at radius 2 is 2.10 bits per heavy atom. The van der Waals surface area contributed by atoms with E-state index in [4.69, 9.17) is 17.1 Å². The maximum absolute atomic E-state index is 12.2. The highest BCUT2D eigenvalue weighted by atomic mass is 35.5. The van der Waals surface area contributed by atoms with Crippen LogP contribution in [0.1, 0.15) is 25.8 Å². The van der Waals surface area contributed by atoms with Crippen molar-refractivity contribution < 1.29 is 4.79 Å². The zero-order chi connectivity index (χ0) is 14.8. The maximum atomic E-state index is 12.2. The molecule has 1 aromatic rings. The van der Waals surface area contributed by atoms with Crippen LogP contribution in [0.15, 0.2) is 29.4 Å². The van der Waals surface area contributed by atoms with Gasteiger partial charge in [-0.25, -0.2) is 0 Å². The molecule has 1 heterocycles. The lowest BCUT2D eigenvalue weighted by Crippen LogP contribution is -2.42. The number of azide groups is 1. The third kappa shape index (κ3) is 2.89. The van der Waals surface area contributed by atoms with Gasteiger partial charge in [0.1, 0.15) is 0 Å². The number of benzene rings is 1. The molecule has 0 radical (unpaired) electrons. The number of likely N-dealkylation sites (tertiary alicyclic amines) is 1. The number of carbonyl (C=O) groups excluding carboxylic acids is 1. The van der Waals surface area contributed by atoms with Crippen molar-refractivity contribution in [3.63, 3.8) is 0 Å². The molecule has 1 aliphatic heterocycles. The molecule has 1 saturated heterocycles. The minimum Gasteiger partial charge on any atom is -0.333 e. The maximum Gasteiger partial charge on any atom is 0.223 e. The van der Waals surface area contributed by atoms with Crippen molar-refractivity contribution >= 4 is 17.5 Å². The summed E-state index contributed by atoms with van der Waals surface area (Å²) in [6.45, 7) is 5.02. The molecule has 1 aromatic carbocycles. The van der Waals surface area contributed by atoms with Crippen molar-refractivity contribution in [2.24, 2.45) is 11.0 Å². The highest BCUT2D eigenvalue weighted by Gasteiger charge is 2.39. The van der Waals surface area contributed by atoms with Crippen LogP contribution < -0.4 is 0 Å². The fraction of sp³-hybridized carbons (Fsp3) is 0.500. The van der Waals surface area contributed by atoms with Crippen LogP contribution in [0.3, 0.4) is 0 Å². The van der Waals surface area contributed by atoms with Crippen molar-refractivity contribution in [3.8, 4) is 0 Å². The third-order valence-electron chi connectivity index (χ3n) is 3.83. The first-order valence-electron chi connectivity index (χ1n) is 6.52. The van der Waals surface area contributed by atoms with E-state index in [0.717, 1.165) is 5.56 Å². The molecule has 0 aromatic heterocycles. The van der Waals surface area contributed by atoms with Crippen LogP contribution in [0.25, 0.3) is 10.4 Å². The molecule has 1 atom stereocenters. The molecule has 0 N–H and O–H groups in total. The lowest BCUT2D eigenvalue weighted by atomic mass is 9.92. The third-order valence-corrected chi connectivity index (χ3v) is 4.09. The van der Waals surface area contributed by atoms with Gasteiger partial charge in [0, 0.05) is 29.4 Å². The molecule has 2 rings (SSSR count). The van der Waals surface area contributed by atoms with E-state index in [1.54, 1.807) is 0 Å². The average Bonchev–Trinajstić information content (AvgIpc) is 2.79. The summed E-state index contributed by atoms with van der Waals surface area (Å²) in [5, 5.41) is 4.25. The van der Waals surface area contributed by atoms with Crippen LogP contribution in [0.2, 0.25) is 5.02 Å². The molecule has 0 bridgehead atoms. The molecule has 0 aliphatic carbocycles. The minimum atomic E-state index is -0.396. The van der Waals surface area contributed by atoms with Gasteiger partial charge in [-0.1, -0.05) is 28.8 Å². The van der Waals surface area contributed by atoms with E-state index in [-0.39, 0.29) is 11.8 Å². The number of hydrogen-bond acceptors (Lipinski definition) is 2. The van der Waals surface area contributed by atoms with Crippen molar-refractivity contribution in [3.05, 3.63) is 45.3 Å². The SMILES string of the molecule is CC(C)(c1ccc(Cl)cc1)N1CC(CN=[N+]=[N-])CC1=O. The molecule has 6 heteroatoms. The normalized spacial score (nSPS) is 19.1. The quantitative estimate of drug-likeness (QED) is 0.473. The Morgan fingerprint density at radius 1 is 1.45 bits per heavy atom. The lowest BCUT2D eigenvalue weighted by Gasteiger charge is -2.36. The van der Waals surface area contributed by atoms with Crippen molar-refractivity contribution in [1.82, 2.24) is 4.90 Å². The van der Waals surface area contributed by atoms with Crippen LogP contribution >= 0.6 is 11.6 Å². The zero-order valence-corrected chi connectivity index (χ0v) is 12.3. The molecule has 20 heavy (non-hydrogen) atoms. The van der Waals surface area contributed by atoms with E-state index in [1.165, 1.54) is 0 Å². The first-order valence-corrected chi connectivity index (χ1v) is 6.90. The molecule has 106 valence electrons. The lowest BCUT2D eigenvalue weighted by molar-refractivity contribution is -0.132. The van der Waals surface area contributed by atoms with E-state index in [2.05, 4.69) is 10.0 Å². The van der Waals surface area contributed by atoms with Gasteiger partial charge in [-0.15, -0.1) is 0 Å². The van der Waals surface area contributed by atoms with E-state index in [0.29, 0.717) is 24.5 Å². The van der Waals surface area contributed by atoms with Gasteiger partial charge in [0.15, 0.2) is 0 Å². The Bertz CT molecular complexity index is 549. The second kappa shape index (κ2) is 5.73. The molecule has 1 amide bonds. The minimum absolute atomic E-state index is 0.100. The van der Waals surface area contributed by atoms with E-state index in [9.17, 15) is 4.79 Å². The van der Waals surface area contributed by atoms with Crippen molar-refractivity contribution in [2.75, 3.05) is 13.1 Å². The molecule has 5 nitrogen and oxygen atoms in total. The summed E-state index contributed by atoms with van der Waals surface area (Å²) >= 11 is 5.90. The monoisotopic (exact) mass is 292 g/mol. The van der Waals surface area contributed by atoms with Crippen LogP contribution in [0, 0.1) is 5.92 Å². The first kappa shape index (κ1) is 14.7. The summed E-state index contributed by atoms with van der Waals surface area (Å²) < 4.78 is 0. The first-order chi connectivity index (χ1) is 9.45. The Balaban J connectivity index is 2.19. The highest BCUT2D eigenvalue weighted by molar-refractivity contribution is 6.30. The van der Waals surface area contributed by atoms with Gasteiger partial charge in [-0.2, -0.15) is 0 Å². The van der Waals surface area contributed by atoms with Crippen LogP contribution in [-0.2, 0) is 10.3 Å². The number of nitrogens with zero attached hydrogens (tertiary/aromatic N) is 4. The number of amides is 1. The molecular formula is C14H17ClN4O. The predicted octanol–water partition coefficient (Wildman–Crippen LogP) is 3.73. The second-order valence-corrected chi connectivity index (χ2v) is 5.99. The number of halogens is 1. The van der Waals surface area contributed by atoms with Gasteiger partial charge in [-0.3, -0.25) is 4.79 Å². The van der Waals surface area contributed by atoms with Gasteiger partial charge in [0.2, 0.25) is 5.91 Å². The summed E-state index contributed by atoms with van der Waals surface area (Å²) in [4.78, 5) is 16.8. The van der Waals surface area contributed by atoms with Gasteiger partial charge in [0.05, 0.1) is 5.54 Å². The fourth-order valence-electron chi connectivity index (χ4n) is 2.61. The highest BCUT2D eigenvalue weighted by Crippen LogP contribution is 2.34. The largest absolute Gasteiger partial charge is 0.333 e. The summed E-state index contributed by atoms with van der Waals surface area (Å²) in [7, 11) is 0. The zero-order valence-electron chi connectivity index (χ0n) is 11.6. The van der Waals surface area contributed by atoms with E-state index >= 15 is 0 Å². The van der Waals surface area contributed by atoms with Crippen LogP contribution in [0.4, 0.5) is 0 Å². The smallest absolute Gasteiger partial charge is 0.223 e. The summed E-state index contributed by atoms with van der Waals surface area (Å²) in [5.74, 6) is 0.202. The van der Waals surface area contributed by atoms with Crippen molar-refractivity contribution in [1.29, 1.82) is 0 Å². The van der Waals surface area contributed by atoms with Crippen LogP contribution in [0.5, 0.6) is 0 Å². The Labute approximate surface area is 123 Å². The average molecular weight is 293 g/mol. The summed E-state index contributed by atoms with van der Waals surface area (Å²) in [5.41, 5.74) is 9.01. The van der Waals surface area contributed by atoms with Gasteiger partial charge in [0.25, 0.3) is 0 Å². The van der Waals surface area contributed by atoms with E-state index < -0.39 is 5.54 Å². The van der Waals surface area contributed by atoms with Gasteiger partial charge < -0.3 is 4.90 Å². The molecule has 1 aliphatic rings. The van der Waals surface area contributed by atoms with E-state index in [1.807, 2.05) is 43.0 Å². The van der Waals surface area contributed by atoms with Gasteiger partial charge in [-0.05, 0) is 43.0 Å².